The van der Waals surface area contributed by atoms with Crippen molar-refractivity contribution in [1.29, 1.82) is 0 Å². The first-order valence-electron chi connectivity index (χ1n) is 11.7. The highest BCUT2D eigenvalue weighted by Crippen LogP contribution is 2.33. The predicted octanol–water partition coefficient (Wildman–Crippen LogP) is 5.81. The van der Waals surface area contributed by atoms with Crippen LogP contribution in [0, 0.1) is 5.92 Å². The minimum atomic E-state index is -1.02. The summed E-state index contributed by atoms with van der Waals surface area (Å²) in [7, 11) is 2.02. The zero-order valence-corrected chi connectivity index (χ0v) is 21.1. The number of ether oxygens (including phenoxy) is 1. The van der Waals surface area contributed by atoms with Crippen LogP contribution in [-0.2, 0) is 21.5 Å². The average Bonchev–Trinajstić information content (AvgIpc) is 3.19. The number of alkyl halides is 1. The Morgan fingerprint density at radius 1 is 1.21 bits per heavy atom. The van der Waals surface area contributed by atoms with E-state index in [9.17, 15) is 9.18 Å². The second-order valence-corrected chi connectivity index (χ2v) is 11.0. The van der Waals surface area contributed by atoms with Gasteiger partial charge in [0.1, 0.15) is 5.82 Å². The van der Waals surface area contributed by atoms with Crippen molar-refractivity contribution in [2.24, 2.45) is 5.92 Å². The van der Waals surface area contributed by atoms with E-state index in [1.54, 1.807) is 24.1 Å². The fourth-order valence-corrected chi connectivity index (χ4v) is 5.06. The molecule has 0 bridgehead atoms. The van der Waals surface area contributed by atoms with Crippen molar-refractivity contribution in [2.45, 2.75) is 50.5 Å². The van der Waals surface area contributed by atoms with Gasteiger partial charge < -0.3 is 18.9 Å². The van der Waals surface area contributed by atoms with Crippen molar-refractivity contribution in [3.05, 3.63) is 48.3 Å². The molecule has 0 spiro atoms. The Balaban J connectivity index is 1.54. The first-order valence-corrected chi connectivity index (χ1v) is 12.5. The van der Waals surface area contributed by atoms with Crippen molar-refractivity contribution in [2.75, 3.05) is 36.6 Å². The third-order valence-electron chi connectivity index (χ3n) is 6.05. The minimum Gasteiger partial charge on any atom is -0.381 e. The zero-order chi connectivity index (χ0) is 24.3. The lowest BCUT2D eigenvalue weighted by Gasteiger charge is -2.26. The maximum absolute atomic E-state index is 12.4. The number of halogens is 1. The summed E-state index contributed by atoms with van der Waals surface area (Å²) in [4.78, 5) is 17.3. The second kappa shape index (κ2) is 10.4. The Kier molecular flexibility index (Phi) is 7.48. The van der Waals surface area contributed by atoms with Gasteiger partial charge in [-0.1, -0.05) is 20.8 Å². The van der Waals surface area contributed by atoms with Gasteiger partial charge in [-0.2, -0.15) is 0 Å². The molecule has 0 unspecified atom stereocenters. The molecule has 2 aromatic carbocycles. The number of anilines is 2. The van der Waals surface area contributed by atoms with Gasteiger partial charge in [0.05, 0.1) is 11.0 Å². The van der Waals surface area contributed by atoms with Crippen molar-refractivity contribution in [3.63, 3.8) is 0 Å². The van der Waals surface area contributed by atoms with Crippen LogP contribution in [0.25, 0.3) is 11.0 Å². The van der Waals surface area contributed by atoms with E-state index in [-0.39, 0.29) is 5.41 Å². The van der Waals surface area contributed by atoms with Crippen LogP contribution in [0.15, 0.2) is 47.4 Å². The molecule has 3 aromatic rings. The summed E-state index contributed by atoms with van der Waals surface area (Å²) in [6, 6.07) is 13.8. The van der Waals surface area contributed by atoms with Gasteiger partial charge in [0.2, 0.25) is 0 Å². The third-order valence-corrected chi connectivity index (χ3v) is 7.02. The molecule has 1 fully saturated rings. The number of hydrogen-bond acceptors (Lipinski definition) is 5. The van der Waals surface area contributed by atoms with Crippen molar-refractivity contribution in [1.82, 2.24) is 9.55 Å². The van der Waals surface area contributed by atoms with E-state index in [2.05, 4.69) is 53.2 Å². The maximum atomic E-state index is 12.4. The highest BCUT2D eigenvalue weighted by Gasteiger charge is 2.25. The Bertz CT molecular complexity index is 1130. The smallest absolute Gasteiger partial charge is 0.255 e. The van der Waals surface area contributed by atoms with Crippen LogP contribution in [0.2, 0.25) is 0 Å². The molecule has 0 radical (unpaired) electrons. The lowest BCUT2D eigenvalue weighted by atomic mass is 9.94. The highest BCUT2D eigenvalue weighted by atomic mass is 32.2. The lowest BCUT2D eigenvalue weighted by molar-refractivity contribution is -0.117. The van der Waals surface area contributed by atoms with Crippen LogP contribution in [0.3, 0.4) is 0 Å². The number of amides is 1. The third kappa shape index (κ3) is 5.73. The lowest BCUT2D eigenvalue weighted by Crippen LogP contribution is -2.25. The molecule has 2 heterocycles. The fraction of sp³-hybridized carbons (Fsp3) is 0.462. The molecule has 34 heavy (non-hydrogen) atoms. The van der Waals surface area contributed by atoms with Crippen LogP contribution in [0.5, 0.6) is 0 Å². The molecule has 8 heteroatoms. The molecule has 1 aliphatic rings. The number of imidazole rings is 1. The summed E-state index contributed by atoms with van der Waals surface area (Å²) in [5, 5.41) is 2.52. The monoisotopic (exact) mass is 484 g/mol. The molecule has 0 saturated carbocycles. The molecule has 182 valence electrons. The average molecular weight is 485 g/mol. The van der Waals surface area contributed by atoms with E-state index < -0.39 is 12.6 Å². The van der Waals surface area contributed by atoms with Crippen molar-refractivity contribution >= 4 is 40.3 Å². The van der Waals surface area contributed by atoms with E-state index >= 15 is 0 Å². The first-order chi connectivity index (χ1) is 16.2. The number of fused-ring (bicyclic) bond motifs is 1. The van der Waals surface area contributed by atoms with E-state index in [1.165, 1.54) is 5.52 Å². The predicted molar refractivity (Wildman–Crippen MR) is 137 cm³/mol. The van der Waals surface area contributed by atoms with Gasteiger partial charge in [0.25, 0.3) is 5.91 Å². The first kappa shape index (κ1) is 24.5. The SMILES string of the molecule is CN(Sc1ccc(NC(=O)CF)cc1)c1ccc2c(c1)nc(C(C)(C)C)n2CC1CCOCC1. The van der Waals surface area contributed by atoms with Gasteiger partial charge in [0, 0.05) is 48.5 Å². The van der Waals surface area contributed by atoms with E-state index in [0.717, 1.165) is 54.5 Å². The Morgan fingerprint density at radius 2 is 1.91 bits per heavy atom. The van der Waals surface area contributed by atoms with Crippen molar-refractivity contribution < 1.29 is 13.9 Å². The number of nitrogens with zero attached hydrogens (tertiary/aromatic N) is 3. The Labute approximate surface area is 205 Å². The minimum absolute atomic E-state index is 0.0513. The van der Waals surface area contributed by atoms with Crippen LogP contribution >= 0.6 is 11.9 Å². The highest BCUT2D eigenvalue weighted by molar-refractivity contribution is 8.00. The van der Waals surface area contributed by atoms with Crippen LogP contribution in [-0.4, -0.2) is 42.4 Å². The second-order valence-electron chi connectivity index (χ2n) is 9.82. The number of nitrogens with one attached hydrogen (secondary N) is 1. The summed E-state index contributed by atoms with van der Waals surface area (Å²) in [6.45, 7) is 8.30. The Hall–Kier alpha value is -2.58. The van der Waals surface area contributed by atoms with E-state index in [1.807, 2.05) is 19.2 Å². The number of benzene rings is 2. The van der Waals surface area contributed by atoms with Gasteiger partial charge in [-0.05, 0) is 73.2 Å². The van der Waals surface area contributed by atoms with Gasteiger partial charge in [-0.25, -0.2) is 9.37 Å². The van der Waals surface area contributed by atoms with Crippen LogP contribution < -0.4 is 9.62 Å². The number of rotatable bonds is 7. The van der Waals surface area contributed by atoms with E-state index in [4.69, 9.17) is 9.72 Å². The van der Waals surface area contributed by atoms with Gasteiger partial charge in [-0.15, -0.1) is 0 Å². The molecule has 1 amide bonds. The molecule has 4 rings (SSSR count). The number of hydrogen-bond donors (Lipinski definition) is 1. The summed E-state index contributed by atoms with van der Waals surface area (Å²) in [6.07, 6.45) is 2.19. The molecule has 1 N–H and O–H groups in total. The summed E-state index contributed by atoms with van der Waals surface area (Å²) in [5.41, 5.74) is 3.77. The number of carbonyl (C=O) groups is 1. The number of aromatic nitrogens is 2. The molecular formula is C26H33FN4O2S. The zero-order valence-electron chi connectivity index (χ0n) is 20.3. The summed E-state index contributed by atoms with van der Waals surface area (Å²) < 4.78 is 22.5. The fourth-order valence-electron chi connectivity index (χ4n) is 4.26. The molecule has 0 atom stereocenters. The summed E-state index contributed by atoms with van der Waals surface area (Å²) >= 11 is 1.58. The standard InChI is InChI=1S/C26H33FN4O2S/c1-26(2,3)25-29-22-15-20(7-10-23(22)31(25)17-18-11-13-33-14-12-18)30(4)34-21-8-5-19(6-9-21)28-24(32)16-27/h5-10,15,18H,11-14,16-17H2,1-4H3,(H,28,32). The maximum Gasteiger partial charge on any atom is 0.255 e. The topological polar surface area (TPSA) is 59.4 Å². The molecule has 6 nitrogen and oxygen atoms in total. The van der Waals surface area contributed by atoms with Crippen molar-refractivity contribution in [3.8, 4) is 0 Å². The van der Waals surface area contributed by atoms with Crippen LogP contribution in [0.4, 0.5) is 15.8 Å². The largest absolute Gasteiger partial charge is 0.381 e. The molecule has 1 saturated heterocycles. The summed E-state index contributed by atoms with van der Waals surface area (Å²) in [5.74, 6) is 1.09. The molecule has 0 aliphatic carbocycles. The molecular weight excluding hydrogens is 451 g/mol. The quantitative estimate of drug-likeness (QED) is 0.429. The number of carbonyl (C=O) groups excluding carboxylic acids is 1. The Morgan fingerprint density at radius 3 is 2.56 bits per heavy atom. The normalized spacial score (nSPS) is 15.0. The van der Waals surface area contributed by atoms with Gasteiger partial charge >= 0.3 is 0 Å². The van der Waals surface area contributed by atoms with Crippen LogP contribution in [0.1, 0.15) is 39.4 Å². The van der Waals surface area contributed by atoms with Gasteiger partial charge in [-0.3, -0.25) is 4.79 Å². The molecule has 1 aliphatic heterocycles. The van der Waals surface area contributed by atoms with Gasteiger partial charge in [0.15, 0.2) is 6.67 Å². The van der Waals surface area contributed by atoms with E-state index in [0.29, 0.717) is 11.6 Å². The molecule has 1 aromatic heterocycles.